The van der Waals surface area contributed by atoms with Crippen LogP contribution in [0, 0.1) is 0 Å². The Morgan fingerprint density at radius 2 is 1.75 bits per heavy atom. The van der Waals surface area contributed by atoms with Crippen molar-refractivity contribution in [3.8, 4) is 5.75 Å². The van der Waals surface area contributed by atoms with Crippen LogP contribution in [0.3, 0.4) is 0 Å². The van der Waals surface area contributed by atoms with Gasteiger partial charge >= 0.3 is 0 Å². The average molecular weight is 215 g/mol. The molecule has 16 heavy (non-hydrogen) atoms. The number of methoxy groups -OCH3 is 1. The number of hydrogen-bond acceptors (Lipinski definition) is 5. The maximum atomic E-state index is 11.9. The zero-order chi connectivity index (χ0) is 11.4. The van der Waals surface area contributed by atoms with Gasteiger partial charge in [-0.05, 0) is 6.07 Å². The molecule has 0 N–H and O–H groups in total. The summed E-state index contributed by atoms with van der Waals surface area (Å²) in [6.45, 7) is 0. The number of pyridine rings is 1. The highest BCUT2D eigenvalue weighted by atomic mass is 16.5. The van der Waals surface area contributed by atoms with Crippen molar-refractivity contribution in [1.29, 1.82) is 0 Å². The summed E-state index contributed by atoms with van der Waals surface area (Å²) in [7, 11) is 1.52. The van der Waals surface area contributed by atoms with Gasteiger partial charge in [0.2, 0.25) is 0 Å². The Morgan fingerprint density at radius 1 is 1.06 bits per heavy atom. The summed E-state index contributed by atoms with van der Waals surface area (Å²) in [4.78, 5) is 23.4. The summed E-state index contributed by atoms with van der Waals surface area (Å²) in [5, 5.41) is 0. The Morgan fingerprint density at radius 3 is 2.44 bits per heavy atom. The van der Waals surface area contributed by atoms with E-state index in [1.54, 1.807) is 6.07 Å². The third kappa shape index (κ3) is 2.03. The van der Waals surface area contributed by atoms with Crippen molar-refractivity contribution >= 4 is 5.78 Å². The normalized spacial score (nSPS) is 9.81. The first kappa shape index (κ1) is 10.2. The quantitative estimate of drug-likeness (QED) is 0.717. The van der Waals surface area contributed by atoms with Gasteiger partial charge in [0, 0.05) is 24.2 Å². The third-order valence-corrected chi connectivity index (χ3v) is 2.03. The highest BCUT2D eigenvalue weighted by molar-refractivity contribution is 6.08. The van der Waals surface area contributed by atoms with E-state index in [9.17, 15) is 4.79 Å². The monoisotopic (exact) mass is 215 g/mol. The number of ketones is 1. The highest BCUT2D eigenvalue weighted by Gasteiger charge is 2.10. The summed E-state index contributed by atoms with van der Waals surface area (Å²) in [6, 6.07) is 1.63. The van der Waals surface area contributed by atoms with E-state index in [0.29, 0.717) is 16.9 Å². The topological polar surface area (TPSA) is 65.0 Å². The van der Waals surface area contributed by atoms with Crippen molar-refractivity contribution in [3.63, 3.8) is 0 Å². The molecule has 0 bridgehead atoms. The molecule has 0 fully saturated rings. The van der Waals surface area contributed by atoms with E-state index in [4.69, 9.17) is 4.74 Å². The minimum Gasteiger partial charge on any atom is -0.495 e. The van der Waals surface area contributed by atoms with E-state index in [1.165, 1.54) is 38.2 Å². The summed E-state index contributed by atoms with van der Waals surface area (Å²) < 4.78 is 4.99. The molecule has 80 valence electrons. The Balaban J connectivity index is 2.34. The Kier molecular flexibility index (Phi) is 2.86. The first-order chi connectivity index (χ1) is 7.81. The van der Waals surface area contributed by atoms with Crippen LogP contribution in [0.5, 0.6) is 5.75 Å². The summed E-state index contributed by atoms with van der Waals surface area (Å²) in [6.07, 6.45) is 7.33. The molecule has 0 amide bonds. The molecule has 2 rings (SSSR count). The van der Waals surface area contributed by atoms with Crippen LogP contribution in [0.25, 0.3) is 0 Å². The first-order valence-electron chi connectivity index (χ1n) is 4.60. The van der Waals surface area contributed by atoms with Crippen molar-refractivity contribution in [2.24, 2.45) is 0 Å². The molecule has 0 spiro atoms. The molecule has 0 aromatic carbocycles. The smallest absolute Gasteiger partial charge is 0.197 e. The molecular weight excluding hydrogens is 206 g/mol. The lowest BCUT2D eigenvalue weighted by Crippen LogP contribution is -2.03. The Labute approximate surface area is 92.2 Å². The van der Waals surface area contributed by atoms with Crippen LogP contribution in [0.1, 0.15) is 15.9 Å². The van der Waals surface area contributed by atoms with Crippen LogP contribution >= 0.6 is 0 Å². The van der Waals surface area contributed by atoms with Gasteiger partial charge in [-0.3, -0.25) is 9.78 Å². The molecule has 0 saturated carbocycles. The van der Waals surface area contributed by atoms with E-state index in [-0.39, 0.29) is 5.78 Å². The van der Waals surface area contributed by atoms with Crippen molar-refractivity contribution in [3.05, 3.63) is 48.3 Å². The minimum atomic E-state index is -0.174. The molecule has 2 aromatic heterocycles. The van der Waals surface area contributed by atoms with Gasteiger partial charge in [-0.1, -0.05) is 0 Å². The van der Waals surface area contributed by atoms with Gasteiger partial charge in [0.05, 0.1) is 18.9 Å². The summed E-state index contributed by atoms with van der Waals surface area (Å²) in [5.41, 5.74) is 0.881. The zero-order valence-electron chi connectivity index (χ0n) is 8.62. The Hall–Kier alpha value is -2.30. The number of nitrogens with zero attached hydrogens (tertiary/aromatic N) is 3. The molecule has 0 aliphatic heterocycles. The maximum Gasteiger partial charge on any atom is 0.197 e. The number of ether oxygens (including phenoxy) is 1. The molecule has 0 aliphatic carbocycles. The minimum absolute atomic E-state index is 0.174. The SMILES string of the molecule is COc1cncc(C(=O)c2cncnc2)c1. The second-order valence-electron chi connectivity index (χ2n) is 3.07. The van der Waals surface area contributed by atoms with Crippen molar-refractivity contribution in [2.75, 3.05) is 7.11 Å². The van der Waals surface area contributed by atoms with Crippen LogP contribution in [-0.2, 0) is 0 Å². The predicted octanol–water partition coefficient (Wildman–Crippen LogP) is 1.11. The van der Waals surface area contributed by atoms with Gasteiger partial charge in [-0.2, -0.15) is 0 Å². The summed E-state index contributed by atoms with van der Waals surface area (Å²) in [5.74, 6) is 0.370. The average Bonchev–Trinajstić information content (AvgIpc) is 2.39. The van der Waals surface area contributed by atoms with Crippen LogP contribution in [-0.4, -0.2) is 27.8 Å². The molecule has 5 heteroatoms. The standard InChI is InChI=1S/C11H9N3O2/c1-16-10-2-8(3-12-6-10)11(15)9-4-13-7-14-5-9/h2-7H,1H3. The van der Waals surface area contributed by atoms with E-state index in [0.717, 1.165) is 0 Å². The number of rotatable bonds is 3. The fourth-order valence-corrected chi connectivity index (χ4v) is 1.24. The highest BCUT2D eigenvalue weighted by Crippen LogP contribution is 2.13. The molecule has 0 radical (unpaired) electrons. The van der Waals surface area contributed by atoms with E-state index in [1.807, 2.05) is 0 Å². The predicted molar refractivity (Wildman–Crippen MR) is 56.3 cm³/mol. The fourth-order valence-electron chi connectivity index (χ4n) is 1.24. The number of carbonyl (C=O) groups excluding carboxylic acids is 1. The van der Waals surface area contributed by atoms with E-state index < -0.39 is 0 Å². The molecule has 0 aliphatic rings. The van der Waals surface area contributed by atoms with Crippen molar-refractivity contribution in [1.82, 2.24) is 15.0 Å². The van der Waals surface area contributed by atoms with Gasteiger partial charge < -0.3 is 4.74 Å². The molecule has 0 atom stereocenters. The van der Waals surface area contributed by atoms with Gasteiger partial charge in [0.25, 0.3) is 0 Å². The summed E-state index contributed by atoms with van der Waals surface area (Å²) >= 11 is 0. The lowest BCUT2D eigenvalue weighted by atomic mass is 10.1. The van der Waals surface area contributed by atoms with Crippen LogP contribution in [0.2, 0.25) is 0 Å². The van der Waals surface area contributed by atoms with Gasteiger partial charge in [0.15, 0.2) is 5.78 Å². The Bertz CT molecular complexity index is 500. The van der Waals surface area contributed by atoms with Crippen LogP contribution < -0.4 is 4.74 Å². The third-order valence-electron chi connectivity index (χ3n) is 2.03. The van der Waals surface area contributed by atoms with Gasteiger partial charge in [-0.25, -0.2) is 9.97 Å². The molecule has 2 heterocycles. The molecule has 0 unspecified atom stereocenters. The van der Waals surface area contributed by atoms with Crippen molar-refractivity contribution < 1.29 is 9.53 Å². The zero-order valence-corrected chi connectivity index (χ0v) is 8.62. The number of hydrogen-bond donors (Lipinski definition) is 0. The second kappa shape index (κ2) is 4.48. The maximum absolute atomic E-state index is 11.9. The first-order valence-corrected chi connectivity index (χ1v) is 4.60. The molecule has 5 nitrogen and oxygen atoms in total. The number of aromatic nitrogens is 3. The largest absolute Gasteiger partial charge is 0.495 e. The van der Waals surface area contributed by atoms with E-state index >= 15 is 0 Å². The van der Waals surface area contributed by atoms with E-state index in [2.05, 4.69) is 15.0 Å². The lowest BCUT2D eigenvalue weighted by Gasteiger charge is -2.02. The molecule has 0 saturated heterocycles. The van der Waals surface area contributed by atoms with Gasteiger partial charge in [-0.15, -0.1) is 0 Å². The van der Waals surface area contributed by atoms with Crippen LogP contribution in [0.4, 0.5) is 0 Å². The fraction of sp³-hybridized carbons (Fsp3) is 0.0909. The molecular formula is C11H9N3O2. The van der Waals surface area contributed by atoms with Crippen LogP contribution in [0.15, 0.2) is 37.2 Å². The molecule has 2 aromatic rings. The van der Waals surface area contributed by atoms with Gasteiger partial charge in [0.1, 0.15) is 12.1 Å². The van der Waals surface area contributed by atoms with Crippen molar-refractivity contribution in [2.45, 2.75) is 0 Å². The lowest BCUT2D eigenvalue weighted by molar-refractivity contribution is 0.103. The number of carbonyl (C=O) groups is 1. The second-order valence-corrected chi connectivity index (χ2v) is 3.07.